The number of fused-ring (bicyclic) bond motifs is 1. The molecule has 1 aromatic heterocycles. The van der Waals surface area contributed by atoms with Gasteiger partial charge in [-0.25, -0.2) is 4.39 Å². The number of carbonyl (C=O) groups is 1. The van der Waals surface area contributed by atoms with E-state index in [2.05, 4.69) is 10.1 Å². The predicted octanol–water partition coefficient (Wildman–Crippen LogP) is 2.74. The van der Waals surface area contributed by atoms with E-state index in [4.69, 9.17) is 4.52 Å². The summed E-state index contributed by atoms with van der Waals surface area (Å²) >= 11 is 0. The first kappa shape index (κ1) is 16.4. The number of amides is 1. The van der Waals surface area contributed by atoms with Crippen molar-refractivity contribution in [1.82, 2.24) is 15.0 Å². The molecule has 2 heterocycles. The summed E-state index contributed by atoms with van der Waals surface area (Å²) in [6.07, 6.45) is 0. The fraction of sp³-hybridized carbons (Fsp3) is 0.211. The second-order valence-corrected chi connectivity index (χ2v) is 6.53. The quantitative estimate of drug-likeness (QED) is 0.780. The number of hydrogen-bond acceptors (Lipinski definition) is 5. The van der Waals surface area contributed by atoms with Crippen molar-refractivity contribution in [3.63, 3.8) is 0 Å². The molecule has 0 fully saturated rings. The summed E-state index contributed by atoms with van der Waals surface area (Å²) < 4.78 is 18.5. The van der Waals surface area contributed by atoms with Crippen LogP contribution < -0.4 is 0 Å². The molecule has 1 aliphatic heterocycles. The maximum atomic E-state index is 13.4. The Kier molecular flexibility index (Phi) is 3.81. The van der Waals surface area contributed by atoms with Crippen molar-refractivity contribution in [3.8, 4) is 11.4 Å². The zero-order valence-electron chi connectivity index (χ0n) is 14.0. The van der Waals surface area contributed by atoms with Gasteiger partial charge < -0.3 is 14.5 Å². The molecule has 0 bridgehead atoms. The van der Waals surface area contributed by atoms with Gasteiger partial charge in [-0.15, -0.1) is 0 Å². The zero-order valence-corrected chi connectivity index (χ0v) is 14.0. The Morgan fingerprint density at radius 1 is 1.27 bits per heavy atom. The Labute approximate surface area is 148 Å². The molecule has 0 saturated carbocycles. The van der Waals surface area contributed by atoms with Gasteiger partial charge in [-0.1, -0.05) is 35.5 Å². The van der Waals surface area contributed by atoms with E-state index >= 15 is 0 Å². The van der Waals surface area contributed by atoms with Crippen molar-refractivity contribution in [2.45, 2.75) is 19.1 Å². The van der Waals surface area contributed by atoms with Crippen LogP contribution in [0.3, 0.4) is 0 Å². The second-order valence-electron chi connectivity index (χ2n) is 6.53. The normalized spacial score (nSPS) is 15.8. The van der Waals surface area contributed by atoms with Crippen molar-refractivity contribution in [1.29, 1.82) is 0 Å². The maximum Gasteiger partial charge on any atom is 0.260 e. The Morgan fingerprint density at radius 3 is 2.85 bits per heavy atom. The third kappa shape index (κ3) is 2.86. The van der Waals surface area contributed by atoms with Crippen LogP contribution in [0.25, 0.3) is 11.4 Å². The summed E-state index contributed by atoms with van der Waals surface area (Å²) in [6, 6.07) is 13.1. The number of aliphatic hydroxyl groups is 1. The number of carbonyl (C=O) groups excluding carboxylic acids is 1. The molecule has 1 aliphatic rings. The van der Waals surface area contributed by atoms with Crippen LogP contribution in [-0.4, -0.2) is 32.6 Å². The van der Waals surface area contributed by atoms with Crippen LogP contribution in [0.4, 0.5) is 4.39 Å². The molecule has 132 valence electrons. The van der Waals surface area contributed by atoms with Crippen LogP contribution in [0.15, 0.2) is 53.1 Å². The van der Waals surface area contributed by atoms with Crippen molar-refractivity contribution < 1.29 is 18.8 Å². The first-order valence-electron chi connectivity index (χ1n) is 8.14. The van der Waals surface area contributed by atoms with Gasteiger partial charge in [0.2, 0.25) is 5.82 Å². The molecular formula is C19H16FN3O3. The standard InChI is InChI=1S/C19H16FN3O3/c1-19(25,11-23-10-13-5-2-3-8-15(13)17(23)24)18-21-16(22-26-18)12-6-4-7-14(20)9-12/h2-9,25H,10-11H2,1H3. The molecule has 1 N–H and O–H groups in total. The molecule has 0 aliphatic carbocycles. The number of rotatable bonds is 4. The SMILES string of the molecule is CC(O)(CN1Cc2ccccc2C1=O)c1nc(-c2cccc(F)c2)no1. The van der Waals surface area contributed by atoms with Crippen LogP contribution in [0.2, 0.25) is 0 Å². The Hall–Kier alpha value is -3.06. The smallest absolute Gasteiger partial charge is 0.260 e. The second kappa shape index (κ2) is 6.03. The number of aromatic nitrogens is 2. The molecule has 1 amide bonds. The van der Waals surface area contributed by atoms with Crippen LogP contribution in [0, 0.1) is 5.82 Å². The highest BCUT2D eigenvalue weighted by atomic mass is 19.1. The van der Waals surface area contributed by atoms with E-state index < -0.39 is 11.4 Å². The summed E-state index contributed by atoms with van der Waals surface area (Å²) in [5.41, 5.74) is 0.463. The molecule has 0 saturated heterocycles. The fourth-order valence-electron chi connectivity index (χ4n) is 3.07. The van der Waals surface area contributed by atoms with Gasteiger partial charge in [-0.05, 0) is 30.7 Å². The lowest BCUT2D eigenvalue weighted by molar-refractivity contribution is -0.00754. The average molecular weight is 353 g/mol. The Bertz CT molecular complexity index is 983. The Morgan fingerprint density at radius 2 is 2.08 bits per heavy atom. The van der Waals surface area contributed by atoms with Gasteiger partial charge in [-0.3, -0.25) is 4.79 Å². The molecule has 3 aromatic rings. The molecule has 6 nitrogen and oxygen atoms in total. The first-order valence-corrected chi connectivity index (χ1v) is 8.14. The van der Waals surface area contributed by atoms with Crippen molar-refractivity contribution in [2.75, 3.05) is 6.54 Å². The van der Waals surface area contributed by atoms with Crippen LogP contribution in [0.5, 0.6) is 0 Å². The van der Waals surface area contributed by atoms with Crippen molar-refractivity contribution in [3.05, 3.63) is 71.4 Å². The monoisotopic (exact) mass is 353 g/mol. The van der Waals surface area contributed by atoms with E-state index in [1.807, 2.05) is 18.2 Å². The summed E-state index contributed by atoms with van der Waals surface area (Å²) in [4.78, 5) is 18.2. The minimum absolute atomic E-state index is 0.00526. The topological polar surface area (TPSA) is 79.5 Å². The maximum absolute atomic E-state index is 13.4. The molecule has 4 rings (SSSR count). The predicted molar refractivity (Wildman–Crippen MR) is 90.4 cm³/mol. The lowest BCUT2D eigenvalue weighted by Gasteiger charge is -2.25. The van der Waals surface area contributed by atoms with Gasteiger partial charge in [0.25, 0.3) is 11.8 Å². The highest BCUT2D eigenvalue weighted by molar-refractivity contribution is 5.98. The number of halogens is 1. The Balaban J connectivity index is 1.56. The van der Waals surface area contributed by atoms with E-state index in [0.717, 1.165) is 5.56 Å². The highest BCUT2D eigenvalue weighted by Crippen LogP contribution is 2.28. The van der Waals surface area contributed by atoms with E-state index in [1.165, 1.54) is 24.0 Å². The van der Waals surface area contributed by atoms with E-state index in [9.17, 15) is 14.3 Å². The van der Waals surface area contributed by atoms with Crippen LogP contribution in [0.1, 0.15) is 28.7 Å². The van der Waals surface area contributed by atoms with Gasteiger partial charge in [0.15, 0.2) is 5.60 Å². The largest absolute Gasteiger partial charge is 0.378 e. The fourth-order valence-corrected chi connectivity index (χ4v) is 3.07. The van der Waals surface area contributed by atoms with Gasteiger partial charge in [-0.2, -0.15) is 4.98 Å². The molecule has 7 heteroatoms. The third-order valence-corrected chi connectivity index (χ3v) is 4.36. The summed E-state index contributed by atoms with van der Waals surface area (Å²) in [5, 5.41) is 14.6. The van der Waals surface area contributed by atoms with Crippen molar-refractivity contribution in [2.24, 2.45) is 0 Å². The molecule has 0 spiro atoms. The zero-order chi connectivity index (χ0) is 18.3. The van der Waals surface area contributed by atoms with Crippen LogP contribution in [-0.2, 0) is 12.1 Å². The van der Waals surface area contributed by atoms with Crippen LogP contribution >= 0.6 is 0 Å². The summed E-state index contributed by atoms with van der Waals surface area (Å²) in [5.74, 6) is -0.414. The molecule has 1 unspecified atom stereocenters. The van der Waals surface area contributed by atoms with E-state index in [-0.39, 0.29) is 24.2 Å². The number of benzene rings is 2. The van der Waals surface area contributed by atoms with E-state index in [1.54, 1.807) is 18.2 Å². The molecule has 2 aromatic carbocycles. The van der Waals surface area contributed by atoms with Crippen molar-refractivity contribution >= 4 is 5.91 Å². The molecule has 0 radical (unpaired) electrons. The van der Waals surface area contributed by atoms with Gasteiger partial charge in [0.05, 0.1) is 6.54 Å². The number of β-amino-alcohol motifs (C(OH)–C–C–N with tert-alkyl or cyclic N) is 1. The number of hydrogen-bond donors (Lipinski definition) is 1. The lowest BCUT2D eigenvalue weighted by Crippen LogP contribution is -2.39. The van der Waals surface area contributed by atoms with Gasteiger partial charge >= 0.3 is 0 Å². The highest BCUT2D eigenvalue weighted by Gasteiger charge is 2.37. The summed E-state index contributed by atoms with van der Waals surface area (Å²) in [7, 11) is 0. The molecular weight excluding hydrogens is 337 g/mol. The summed E-state index contributed by atoms with van der Waals surface area (Å²) in [6.45, 7) is 1.92. The lowest BCUT2D eigenvalue weighted by atomic mass is 10.1. The average Bonchev–Trinajstić information content (AvgIpc) is 3.22. The molecule has 26 heavy (non-hydrogen) atoms. The first-order chi connectivity index (χ1) is 12.4. The molecule has 1 atom stereocenters. The van der Waals surface area contributed by atoms with Gasteiger partial charge in [0, 0.05) is 17.7 Å². The van der Waals surface area contributed by atoms with Gasteiger partial charge in [0.1, 0.15) is 5.82 Å². The minimum atomic E-state index is -1.53. The third-order valence-electron chi connectivity index (χ3n) is 4.36. The number of nitrogens with zero attached hydrogens (tertiary/aromatic N) is 3. The van der Waals surface area contributed by atoms with E-state index in [0.29, 0.717) is 17.7 Å². The minimum Gasteiger partial charge on any atom is -0.378 e.